The second kappa shape index (κ2) is 11.0. The number of hydrogen-bond acceptors (Lipinski definition) is 6. The summed E-state index contributed by atoms with van der Waals surface area (Å²) in [5.74, 6) is 0.0556. The number of benzene rings is 3. The van der Waals surface area contributed by atoms with Crippen molar-refractivity contribution >= 4 is 27.5 Å². The number of carbonyl (C=O) groups excluding carboxylic acids is 1. The fourth-order valence-electron chi connectivity index (χ4n) is 4.48. The average Bonchev–Trinajstić information content (AvgIpc) is 3.49. The number of hydrogen-bond donors (Lipinski definition) is 1. The molecule has 1 N–H and O–H groups in total. The zero-order valence-corrected chi connectivity index (χ0v) is 23.6. The van der Waals surface area contributed by atoms with Crippen LogP contribution in [0, 0.1) is 20.8 Å². The van der Waals surface area contributed by atoms with E-state index in [1.807, 2.05) is 66.1 Å². The molecule has 0 radical (unpaired) electrons. The number of rotatable bonds is 8. The highest BCUT2D eigenvalue weighted by molar-refractivity contribution is 7.90. The van der Waals surface area contributed by atoms with Gasteiger partial charge in [-0.15, -0.1) is 0 Å². The van der Waals surface area contributed by atoms with E-state index in [1.54, 1.807) is 32.0 Å². The second-order valence-electron chi connectivity index (χ2n) is 9.24. The lowest BCUT2D eigenvalue weighted by molar-refractivity contribution is 0.0979. The van der Waals surface area contributed by atoms with Crippen LogP contribution in [-0.4, -0.2) is 24.0 Å². The summed E-state index contributed by atoms with van der Waals surface area (Å²) < 4.78 is 41.6. The lowest BCUT2D eigenvalue weighted by Crippen LogP contribution is -2.31. The lowest BCUT2D eigenvalue weighted by atomic mass is 10.1. The predicted molar refractivity (Wildman–Crippen MR) is 152 cm³/mol. The molecule has 204 valence electrons. The van der Waals surface area contributed by atoms with Gasteiger partial charge in [-0.1, -0.05) is 53.2 Å². The molecule has 0 unspecified atom stereocenters. The maximum absolute atomic E-state index is 13.2. The Balaban J connectivity index is 1.50. The van der Waals surface area contributed by atoms with Gasteiger partial charge in [0.1, 0.15) is 23.7 Å². The molecule has 0 bridgehead atoms. The molecule has 40 heavy (non-hydrogen) atoms. The van der Waals surface area contributed by atoms with Crippen molar-refractivity contribution in [2.24, 2.45) is 0 Å². The summed E-state index contributed by atoms with van der Waals surface area (Å²) >= 11 is 6.39. The molecule has 0 fully saturated rings. The molecule has 0 aliphatic rings. The van der Waals surface area contributed by atoms with E-state index < -0.39 is 15.9 Å². The standard InChI is InChI=1S/C30H26ClN3O5S/c1-19-12-14-27(26-16-23(31)13-15-28(26)38-18-22-8-5-4-6-9-22)34(19)24-10-7-11-25(17-24)40(36,37)33-30(35)29-20(2)32-39-21(29)3/h4-17H,18H2,1-3H3,(H,33,35). The van der Waals surface area contributed by atoms with E-state index in [1.165, 1.54) is 12.1 Å². The van der Waals surface area contributed by atoms with Crippen molar-refractivity contribution in [1.29, 1.82) is 0 Å². The van der Waals surface area contributed by atoms with E-state index in [-0.39, 0.29) is 16.2 Å². The quantitative estimate of drug-likeness (QED) is 0.229. The Morgan fingerprint density at radius 1 is 0.975 bits per heavy atom. The lowest BCUT2D eigenvalue weighted by Gasteiger charge is -2.17. The van der Waals surface area contributed by atoms with Crippen LogP contribution in [0.15, 0.2) is 94.3 Å². The minimum absolute atomic E-state index is 0.0733. The molecule has 0 atom stereocenters. The number of amides is 1. The fraction of sp³-hybridized carbons (Fsp3) is 0.133. The van der Waals surface area contributed by atoms with Crippen LogP contribution in [0.4, 0.5) is 0 Å². The van der Waals surface area contributed by atoms with Gasteiger partial charge >= 0.3 is 0 Å². The smallest absolute Gasteiger partial charge is 0.270 e. The highest BCUT2D eigenvalue weighted by Crippen LogP contribution is 2.36. The molecule has 2 aromatic heterocycles. The van der Waals surface area contributed by atoms with Gasteiger partial charge in [-0.2, -0.15) is 0 Å². The minimum Gasteiger partial charge on any atom is -0.488 e. The van der Waals surface area contributed by atoms with E-state index in [0.717, 1.165) is 22.5 Å². The Morgan fingerprint density at radius 3 is 2.48 bits per heavy atom. The Hall–Kier alpha value is -4.34. The van der Waals surface area contributed by atoms with Gasteiger partial charge in [0.05, 0.1) is 16.3 Å². The SMILES string of the molecule is Cc1noc(C)c1C(=O)NS(=O)(=O)c1cccc(-n2c(C)ccc2-c2cc(Cl)ccc2OCc2ccccc2)c1. The first-order chi connectivity index (χ1) is 19.1. The number of carbonyl (C=O) groups is 1. The van der Waals surface area contributed by atoms with Crippen molar-refractivity contribution in [2.75, 3.05) is 0 Å². The minimum atomic E-state index is -4.21. The van der Waals surface area contributed by atoms with Gasteiger partial charge in [-0.25, -0.2) is 13.1 Å². The third-order valence-electron chi connectivity index (χ3n) is 6.40. The van der Waals surface area contributed by atoms with Crippen LogP contribution >= 0.6 is 11.6 Å². The van der Waals surface area contributed by atoms with Crippen LogP contribution in [0.2, 0.25) is 5.02 Å². The zero-order chi connectivity index (χ0) is 28.4. The average molecular weight is 576 g/mol. The molecule has 2 heterocycles. The molecule has 0 spiro atoms. The number of halogens is 1. The Kier molecular flexibility index (Phi) is 7.51. The largest absolute Gasteiger partial charge is 0.488 e. The highest BCUT2D eigenvalue weighted by Gasteiger charge is 2.25. The topological polar surface area (TPSA) is 103 Å². The number of aromatic nitrogens is 2. The van der Waals surface area contributed by atoms with Gasteiger partial charge in [-0.05, 0) is 74.9 Å². The molecular formula is C30H26ClN3O5S. The van der Waals surface area contributed by atoms with Crippen molar-refractivity contribution in [3.63, 3.8) is 0 Å². The summed E-state index contributed by atoms with van der Waals surface area (Å²) in [7, 11) is -4.21. The normalized spacial score (nSPS) is 11.4. The van der Waals surface area contributed by atoms with E-state index in [4.69, 9.17) is 20.9 Å². The molecule has 10 heteroatoms. The van der Waals surface area contributed by atoms with Crippen molar-refractivity contribution in [1.82, 2.24) is 14.4 Å². The summed E-state index contributed by atoms with van der Waals surface area (Å²) in [6, 6.07) is 25.4. The molecule has 1 amide bonds. The summed E-state index contributed by atoms with van der Waals surface area (Å²) in [6.07, 6.45) is 0. The van der Waals surface area contributed by atoms with Crippen LogP contribution in [0.25, 0.3) is 16.9 Å². The molecule has 0 saturated heterocycles. The molecular weight excluding hydrogens is 550 g/mol. The van der Waals surface area contributed by atoms with E-state index in [2.05, 4.69) is 9.88 Å². The van der Waals surface area contributed by atoms with Gasteiger partial charge in [0.2, 0.25) is 0 Å². The molecule has 3 aromatic carbocycles. The van der Waals surface area contributed by atoms with Gasteiger partial charge < -0.3 is 13.8 Å². The van der Waals surface area contributed by atoms with Gasteiger partial charge in [0.25, 0.3) is 15.9 Å². The third-order valence-corrected chi connectivity index (χ3v) is 7.97. The Labute approximate surface area is 237 Å². The molecule has 5 aromatic rings. The summed E-state index contributed by atoms with van der Waals surface area (Å²) in [5.41, 5.74) is 4.36. The maximum atomic E-state index is 13.2. The van der Waals surface area contributed by atoms with Crippen LogP contribution < -0.4 is 9.46 Å². The van der Waals surface area contributed by atoms with E-state index in [0.29, 0.717) is 28.8 Å². The first-order valence-electron chi connectivity index (χ1n) is 12.4. The zero-order valence-electron chi connectivity index (χ0n) is 22.0. The molecule has 0 saturated carbocycles. The van der Waals surface area contributed by atoms with Gasteiger partial charge in [-0.3, -0.25) is 4.79 Å². The van der Waals surface area contributed by atoms with Crippen molar-refractivity contribution in [3.8, 4) is 22.7 Å². The number of ether oxygens (including phenoxy) is 1. The fourth-order valence-corrected chi connectivity index (χ4v) is 5.65. The summed E-state index contributed by atoms with van der Waals surface area (Å²) in [4.78, 5) is 12.7. The van der Waals surface area contributed by atoms with Crippen LogP contribution in [0.5, 0.6) is 5.75 Å². The van der Waals surface area contributed by atoms with Crippen LogP contribution in [0.3, 0.4) is 0 Å². The highest BCUT2D eigenvalue weighted by atomic mass is 35.5. The van der Waals surface area contributed by atoms with Crippen LogP contribution in [-0.2, 0) is 16.6 Å². The predicted octanol–water partition coefficient (Wildman–Crippen LogP) is 6.41. The van der Waals surface area contributed by atoms with Gasteiger partial charge in [0.15, 0.2) is 0 Å². The first-order valence-corrected chi connectivity index (χ1v) is 14.3. The van der Waals surface area contributed by atoms with Crippen molar-refractivity contribution < 1.29 is 22.5 Å². The summed E-state index contributed by atoms with van der Waals surface area (Å²) in [5, 5.41) is 4.26. The molecule has 8 nitrogen and oxygen atoms in total. The third kappa shape index (κ3) is 5.52. The molecule has 0 aliphatic heterocycles. The number of aryl methyl sites for hydroxylation is 3. The summed E-state index contributed by atoms with van der Waals surface area (Å²) in [6.45, 7) is 5.40. The Bertz CT molecular complexity index is 1790. The van der Waals surface area contributed by atoms with E-state index >= 15 is 0 Å². The maximum Gasteiger partial charge on any atom is 0.270 e. The molecule has 0 aliphatic carbocycles. The number of nitrogens with one attached hydrogen (secondary N) is 1. The second-order valence-corrected chi connectivity index (χ2v) is 11.4. The number of nitrogens with zero attached hydrogens (tertiary/aromatic N) is 2. The van der Waals surface area contributed by atoms with Crippen molar-refractivity contribution in [2.45, 2.75) is 32.3 Å². The number of sulfonamides is 1. The monoisotopic (exact) mass is 575 g/mol. The Morgan fingerprint density at radius 2 is 1.75 bits per heavy atom. The first kappa shape index (κ1) is 27.2. The van der Waals surface area contributed by atoms with Crippen molar-refractivity contribution in [3.05, 3.63) is 118 Å². The molecule has 5 rings (SSSR count). The van der Waals surface area contributed by atoms with E-state index in [9.17, 15) is 13.2 Å². The van der Waals surface area contributed by atoms with Crippen LogP contribution in [0.1, 0.15) is 33.1 Å². The van der Waals surface area contributed by atoms with Gasteiger partial charge in [0, 0.05) is 22.0 Å².